The average molecular weight is 300 g/mol. The van der Waals surface area contributed by atoms with Crippen molar-refractivity contribution in [2.24, 2.45) is 16.8 Å². The molecule has 0 aromatic rings. The predicted octanol–water partition coefficient (Wildman–Crippen LogP) is 1.78. The summed E-state index contributed by atoms with van der Waals surface area (Å²) in [5.41, 5.74) is 5.59. The Kier molecular flexibility index (Phi) is 10.7. The minimum absolute atomic E-state index is 0.00955. The molecule has 6 nitrogen and oxygen atoms in total. The van der Waals surface area contributed by atoms with Crippen molar-refractivity contribution in [1.29, 1.82) is 0 Å². The maximum atomic E-state index is 12.2. The number of hydrogen-bond donors (Lipinski definition) is 3. The fourth-order valence-electron chi connectivity index (χ4n) is 2.35. The van der Waals surface area contributed by atoms with Crippen LogP contribution in [-0.4, -0.2) is 47.5 Å². The highest BCUT2D eigenvalue weighted by Crippen LogP contribution is 2.08. The van der Waals surface area contributed by atoms with Gasteiger partial charge in [0.15, 0.2) is 5.84 Å². The van der Waals surface area contributed by atoms with Crippen molar-refractivity contribution in [2.75, 3.05) is 19.6 Å². The van der Waals surface area contributed by atoms with Gasteiger partial charge in [-0.05, 0) is 45.8 Å². The van der Waals surface area contributed by atoms with Crippen LogP contribution in [0.5, 0.6) is 0 Å². The molecule has 0 heterocycles. The Balaban J connectivity index is 4.23. The number of nitrogens with one attached hydrogen (secondary N) is 1. The minimum atomic E-state index is -0.537. The predicted molar refractivity (Wildman–Crippen MR) is 86.4 cm³/mol. The number of nitrogens with zero attached hydrogens (tertiary/aromatic N) is 2. The minimum Gasteiger partial charge on any atom is -0.409 e. The maximum Gasteiger partial charge on any atom is 0.231 e. The number of hydrogen-bond acceptors (Lipinski definition) is 4. The van der Waals surface area contributed by atoms with Gasteiger partial charge in [-0.1, -0.05) is 32.3 Å². The highest BCUT2D eigenvalue weighted by atomic mass is 16.4. The molecule has 0 saturated heterocycles. The highest BCUT2D eigenvalue weighted by molar-refractivity contribution is 6.02. The van der Waals surface area contributed by atoms with E-state index in [0.717, 1.165) is 38.9 Å². The summed E-state index contributed by atoms with van der Waals surface area (Å²) in [5, 5.41) is 14.7. The molecule has 0 aliphatic rings. The summed E-state index contributed by atoms with van der Waals surface area (Å²) in [6.45, 7) is 11.4. The van der Waals surface area contributed by atoms with Gasteiger partial charge in [0.25, 0.3) is 0 Å². The monoisotopic (exact) mass is 300 g/mol. The third kappa shape index (κ3) is 7.90. The van der Waals surface area contributed by atoms with Crippen molar-refractivity contribution in [3.8, 4) is 0 Å². The van der Waals surface area contributed by atoms with Crippen molar-refractivity contribution in [3.05, 3.63) is 0 Å². The first-order valence-corrected chi connectivity index (χ1v) is 8.00. The van der Waals surface area contributed by atoms with E-state index in [9.17, 15) is 4.79 Å². The molecule has 0 aromatic carbocycles. The van der Waals surface area contributed by atoms with Crippen LogP contribution in [0.1, 0.15) is 53.4 Å². The van der Waals surface area contributed by atoms with Crippen molar-refractivity contribution >= 4 is 11.7 Å². The summed E-state index contributed by atoms with van der Waals surface area (Å²) < 4.78 is 0. The molecule has 4 N–H and O–H groups in total. The second kappa shape index (κ2) is 11.4. The molecule has 0 bridgehead atoms. The van der Waals surface area contributed by atoms with Gasteiger partial charge in [0.2, 0.25) is 5.91 Å². The van der Waals surface area contributed by atoms with E-state index in [0.29, 0.717) is 6.42 Å². The Hall–Kier alpha value is -1.30. The fraction of sp³-hybridized carbons (Fsp3) is 0.867. The van der Waals surface area contributed by atoms with Crippen LogP contribution in [0.15, 0.2) is 5.16 Å². The summed E-state index contributed by atoms with van der Waals surface area (Å²) in [6.07, 6.45) is 3.38. The van der Waals surface area contributed by atoms with Gasteiger partial charge in [-0.2, -0.15) is 0 Å². The van der Waals surface area contributed by atoms with E-state index in [2.05, 4.69) is 29.2 Å². The number of carbonyl (C=O) groups excluding carboxylic acids is 1. The number of carbonyl (C=O) groups is 1. The van der Waals surface area contributed by atoms with Crippen molar-refractivity contribution < 1.29 is 10.0 Å². The number of rotatable bonds is 11. The Labute approximate surface area is 128 Å². The number of amides is 1. The molecule has 0 aliphatic heterocycles. The normalized spacial score (nSPS) is 15.0. The number of nitrogens with two attached hydrogens (primary N) is 1. The van der Waals surface area contributed by atoms with Crippen LogP contribution < -0.4 is 11.1 Å². The van der Waals surface area contributed by atoms with Crippen LogP contribution in [0, 0.1) is 5.92 Å². The zero-order chi connectivity index (χ0) is 16.3. The van der Waals surface area contributed by atoms with E-state index in [4.69, 9.17) is 10.9 Å². The molecule has 0 aliphatic carbocycles. The van der Waals surface area contributed by atoms with Crippen LogP contribution >= 0.6 is 0 Å². The van der Waals surface area contributed by atoms with Gasteiger partial charge in [0.1, 0.15) is 0 Å². The lowest BCUT2D eigenvalue weighted by molar-refractivity contribution is -0.123. The first-order chi connectivity index (χ1) is 9.99. The summed E-state index contributed by atoms with van der Waals surface area (Å²) in [7, 11) is 0. The van der Waals surface area contributed by atoms with Gasteiger partial charge < -0.3 is 21.2 Å². The van der Waals surface area contributed by atoms with E-state index < -0.39 is 5.92 Å². The first kappa shape index (κ1) is 19.7. The van der Waals surface area contributed by atoms with Crippen molar-refractivity contribution in [2.45, 2.75) is 59.4 Å². The zero-order valence-electron chi connectivity index (χ0n) is 13.9. The lowest BCUT2D eigenvalue weighted by Crippen LogP contribution is -2.42. The lowest BCUT2D eigenvalue weighted by atomic mass is 10.0. The van der Waals surface area contributed by atoms with Gasteiger partial charge in [0, 0.05) is 6.04 Å². The highest BCUT2D eigenvalue weighted by Gasteiger charge is 2.23. The third-order valence-corrected chi connectivity index (χ3v) is 3.76. The zero-order valence-corrected chi connectivity index (χ0v) is 13.9. The molecule has 0 radical (unpaired) electrons. The number of oxime groups is 1. The van der Waals surface area contributed by atoms with Crippen LogP contribution in [-0.2, 0) is 4.79 Å². The standard InChI is InChI=1S/C15H32N4O2/c1-5-9-13(14(16)18-21)15(20)17-12(4)10-8-11-19(6-2)7-3/h12-13,21H,5-11H2,1-4H3,(H2,16,18)(H,17,20). The fourth-order valence-corrected chi connectivity index (χ4v) is 2.35. The van der Waals surface area contributed by atoms with E-state index in [1.54, 1.807) is 0 Å². The Morgan fingerprint density at radius 3 is 2.38 bits per heavy atom. The summed E-state index contributed by atoms with van der Waals surface area (Å²) in [4.78, 5) is 14.5. The Bertz CT molecular complexity index is 317. The maximum absolute atomic E-state index is 12.2. The SMILES string of the molecule is CCCC(C(=O)NC(C)CCCN(CC)CC)C(N)=NO. The molecular weight excluding hydrogens is 268 g/mol. The van der Waals surface area contributed by atoms with Crippen LogP contribution in [0.3, 0.4) is 0 Å². The van der Waals surface area contributed by atoms with Crippen molar-refractivity contribution in [3.63, 3.8) is 0 Å². The molecule has 0 aromatic heterocycles. The molecular formula is C15H32N4O2. The molecule has 0 spiro atoms. The van der Waals surface area contributed by atoms with Crippen LogP contribution in [0.25, 0.3) is 0 Å². The Morgan fingerprint density at radius 1 is 1.29 bits per heavy atom. The average Bonchev–Trinajstić information content (AvgIpc) is 2.48. The quantitative estimate of drug-likeness (QED) is 0.235. The molecule has 0 rings (SSSR count). The molecule has 2 unspecified atom stereocenters. The summed E-state index contributed by atoms with van der Waals surface area (Å²) in [6, 6.07) is 0.0962. The second-order valence-corrected chi connectivity index (χ2v) is 5.44. The van der Waals surface area contributed by atoms with E-state index in [1.807, 2.05) is 13.8 Å². The largest absolute Gasteiger partial charge is 0.409 e. The molecule has 0 saturated carbocycles. The third-order valence-electron chi connectivity index (χ3n) is 3.76. The molecule has 2 atom stereocenters. The lowest BCUT2D eigenvalue weighted by Gasteiger charge is -2.21. The second-order valence-electron chi connectivity index (χ2n) is 5.44. The first-order valence-electron chi connectivity index (χ1n) is 8.00. The van der Waals surface area contributed by atoms with E-state index in [-0.39, 0.29) is 17.8 Å². The van der Waals surface area contributed by atoms with Gasteiger partial charge >= 0.3 is 0 Å². The molecule has 6 heteroatoms. The van der Waals surface area contributed by atoms with Crippen LogP contribution in [0.4, 0.5) is 0 Å². The summed E-state index contributed by atoms with van der Waals surface area (Å²) in [5.74, 6) is -0.697. The smallest absolute Gasteiger partial charge is 0.231 e. The van der Waals surface area contributed by atoms with E-state index in [1.165, 1.54) is 0 Å². The van der Waals surface area contributed by atoms with Gasteiger partial charge in [-0.3, -0.25) is 4.79 Å². The summed E-state index contributed by atoms with van der Waals surface area (Å²) >= 11 is 0. The molecule has 21 heavy (non-hydrogen) atoms. The molecule has 1 amide bonds. The number of amidine groups is 1. The topological polar surface area (TPSA) is 91.0 Å². The van der Waals surface area contributed by atoms with Crippen LogP contribution in [0.2, 0.25) is 0 Å². The van der Waals surface area contributed by atoms with Gasteiger partial charge in [-0.15, -0.1) is 0 Å². The van der Waals surface area contributed by atoms with Gasteiger partial charge in [0.05, 0.1) is 5.92 Å². The molecule has 124 valence electrons. The van der Waals surface area contributed by atoms with Crippen molar-refractivity contribution in [1.82, 2.24) is 10.2 Å². The Morgan fingerprint density at radius 2 is 1.90 bits per heavy atom. The van der Waals surface area contributed by atoms with Gasteiger partial charge in [-0.25, -0.2) is 0 Å². The van der Waals surface area contributed by atoms with E-state index >= 15 is 0 Å². The molecule has 0 fully saturated rings.